The van der Waals surface area contributed by atoms with Crippen LogP contribution in [0.15, 0.2) is 10.8 Å². The maximum absolute atomic E-state index is 9.52. The SMILES string of the molecule is CCNc1ncnc(N2CCC(C)C2CO)c1Br. The predicted octanol–water partition coefficient (Wildman–Crippen LogP) is 1.88. The number of hydrogen-bond acceptors (Lipinski definition) is 5. The summed E-state index contributed by atoms with van der Waals surface area (Å²) in [7, 11) is 0. The largest absolute Gasteiger partial charge is 0.394 e. The first-order valence-corrected chi connectivity index (χ1v) is 7.10. The summed E-state index contributed by atoms with van der Waals surface area (Å²) in [6.45, 7) is 6.10. The van der Waals surface area contributed by atoms with Gasteiger partial charge in [-0.3, -0.25) is 0 Å². The first kappa shape index (κ1) is 13.5. The Hall–Kier alpha value is -0.880. The molecule has 1 aromatic heterocycles. The van der Waals surface area contributed by atoms with Gasteiger partial charge in [-0.15, -0.1) is 0 Å². The van der Waals surface area contributed by atoms with Crippen LogP contribution in [0.4, 0.5) is 11.6 Å². The monoisotopic (exact) mass is 314 g/mol. The summed E-state index contributed by atoms with van der Waals surface area (Å²) in [4.78, 5) is 10.7. The fraction of sp³-hybridized carbons (Fsp3) is 0.667. The van der Waals surface area contributed by atoms with Gasteiger partial charge in [0, 0.05) is 13.1 Å². The van der Waals surface area contributed by atoms with Gasteiger partial charge in [0.15, 0.2) is 0 Å². The topological polar surface area (TPSA) is 61.3 Å². The van der Waals surface area contributed by atoms with Crippen LogP contribution >= 0.6 is 15.9 Å². The van der Waals surface area contributed by atoms with Crippen LogP contribution in [-0.4, -0.2) is 40.8 Å². The molecule has 2 N–H and O–H groups in total. The van der Waals surface area contributed by atoms with E-state index in [1.807, 2.05) is 6.92 Å². The van der Waals surface area contributed by atoms with Crippen molar-refractivity contribution < 1.29 is 5.11 Å². The fourth-order valence-corrected chi connectivity index (χ4v) is 2.97. The Bertz CT molecular complexity index is 415. The summed E-state index contributed by atoms with van der Waals surface area (Å²) in [5.74, 6) is 2.16. The van der Waals surface area contributed by atoms with Crippen LogP contribution in [-0.2, 0) is 0 Å². The molecule has 0 amide bonds. The van der Waals surface area contributed by atoms with Crippen molar-refractivity contribution in [1.29, 1.82) is 0 Å². The maximum atomic E-state index is 9.52. The Balaban J connectivity index is 2.30. The highest BCUT2D eigenvalue weighted by atomic mass is 79.9. The van der Waals surface area contributed by atoms with Gasteiger partial charge >= 0.3 is 0 Å². The van der Waals surface area contributed by atoms with Gasteiger partial charge in [0.25, 0.3) is 0 Å². The van der Waals surface area contributed by atoms with Gasteiger partial charge in [-0.1, -0.05) is 6.92 Å². The summed E-state index contributed by atoms with van der Waals surface area (Å²) in [5.41, 5.74) is 0. The molecule has 0 bridgehead atoms. The lowest BCUT2D eigenvalue weighted by Crippen LogP contribution is -2.36. The number of aliphatic hydroxyl groups is 1. The van der Waals surface area contributed by atoms with Crippen LogP contribution in [0, 0.1) is 5.92 Å². The number of halogens is 1. The van der Waals surface area contributed by atoms with Crippen LogP contribution in [0.3, 0.4) is 0 Å². The summed E-state index contributed by atoms with van der Waals surface area (Å²) in [5, 5.41) is 12.7. The Morgan fingerprint density at radius 1 is 1.56 bits per heavy atom. The lowest BCUT2D eigenvalue weighted by Gasteiger charge is -2.27. The third-order valence-corrected chi connectivity index (χ3v) is 4.19. The van der Waals surface area contributed by atoms with E-state index >= 15 is 0 Å². The lowest BCUT2D eigenvalue weighted by atomic mass is 10.0. The van der Waals surface area contributed by atoms with Crippen molar-refractivity contribution in [2.75, 3.05) is 29.9 Å². The molecule has 18 heavy (non-hydrogen) atoms. The van der Waals surface area contributed by atoms with Crippen molar-refractivity contribution in [3.8, 4) is 0 Å². The lowest BCUT2D eigenvalue weighted by molar-refractivity contribution is 0.244. The van der Waals surface area contributed by atoms with E-state index in [4.69, 9.17) is 0 Å². The predicted molar refractivity (Wildman–Crippen MR) is 75.9 cm³/mol. The molecule has 1 aliphatic heterocycles. The molecule has 1 saturated heterocycles. The van der Waals surface area contributed by atoms with Crippen LogP contribution in [0.5, 0.6) is 0 Å². The molecule has 2 heterocycles. The highest BCUT2D eigenvalue weighted by Crippen LogP contribution is 2.35. The molecule has 6 heteroatoms. The molecule has 0 aromatic carbocycles. The molecule has 1 aromatic rings. The van der Waals surface area contributed by atoms with Crippen LogP contribution in [0.25, 0.3) is 0 Å². The molecule has 2 unspecified atom stereocenters. The number of aliphatic hydroxyl groups excluding tert-OH is 1. The van der Waals surface area contributed by atoms with E-state index in [1.54, 1.807) is 6.33 Å². The van der Waals surface area contributed by atoms with Gasteiger partial charge in [-0.2, -0.15) is 0 Å². The van der Waals surface area contributed by atoms with E-state index in [2.05, 4.69) is 43.0 Å². The normalized spacial score (nSPS) is 23.4. The second kappa shape index (κ2) is 5.84. The van der Waals surface area contributed by atoms with Gasteiger partial charge in [-0.25, -0.2) is 9.97 Å². The fourth-order valence-electron chi connectivity index (χ4n) is 2.40. The number of anilines is 2. The van der Waals surface area contributed by atoms with Gasteiger partial charge in [0.2, 0.25) is 0 Å². The van der Waals surface area contributed by atoms with Crippen molar-refractivity contribution in [3.05, 3.63) is 10.8 Å². The first-order valence-electron chi connectivity index (χ1n) is 6.30. The van der Waals surface area contributed by atoms with Crippen molar-refractivity contribution >= 4 is 27.6 Å². The second-order valence-corrected chi connectivity index (χ2v) is 5.39. The molecule has 0 radical (unpaired) electrons. The standard InChI is InChI=1S/C12H19BrN4O/c1-3-14-11-10(13)12(16-7-15-11)17-5-4-8(2)9(17)6-18/h7-9,18H,3-6H2,1-2H3,(H,14,15,16). The number of hydrogen-bond donors (Lipinski definition) is 2. The summed E-state index contributed by atoms with van der Waals surface area (Å²) in [6, 6.07) is 0.144. The molecular formula is C12H19BrN4O. The highest BCUT2D eigenvalue weighted by Gasteiger charge is 2.32. The quantitative estimate of drug-likeness (QED) is 0.888. The van der Waals surface area contributed by atoms with E-state index in [0.29, 0.717) is 5.92 Å². The highest BCUT2D eigenvalue weighted by molar-refractivity contribution is 9.10. The minimum atomic E-state index is 0.144. The zero-order valence-corrected chi connectivity index (χ0v) is 12.3. The molecule has 100 valence electrons. The van der Waals surface area contributed by atoms with E-state index in [1.165, 1.54) is 0 Å². The smallest absolute Gasteiger partial charge is 0.148 e. The molecule has 0 spiro atoms. The average Bonchev–Trinajstić information content (AvgIpc) is 2.73. The summed E-state index contributed by atoms with van der Waals surface area (Å²) < 4.78 is 0.874. The van der Waals surface area contributed by atoms with Crippen molar-refractivity contribution in [2.24, 2.45) is 5.92 Å². The number of nitrogens with zero attached hydrogens (tertiary/aromatic N) is 3. The molecule has 0 aliphatic carbocycles. The van der Waals surface area contributed by atoms with Crippen molar-refractivity contribution in [2.45, 2.75) is 26.3 Å². The summed E-state index contributed by atoms with van der Waals surface area (Å²) in [6.07, 6.45) is 2.65. The van der Waals surface area contributed by atoms with Crippen LogP contribution < -0.4 is 10.2 Å². The van der Waals surface area contributed by atoms with E-state index < -0.39 is 0 Å². The van der Waals surface area contributed by atoms with Crippen molar-refractivity contribution in [1.82, 2.24) is 9.97 Å². The van der Waals surface area contributed by atoms with Gasteiger partial charge < -0.3 is 15.3 Å². The Labute approximate surface area is 116 Å². The van der Waals surface area contributed by atoms with Gasteiger partial charge in [0.05, 0.1) is 12.6 Å². The number of nitrogens with one attached hydrogen (secondary N) is 1. The second-order valence-electron chi connectivity index (χ2n) is 4.60. The zero-order valence-electron chi connectivity index (χ0n) is 10.7. The molecule has 5 nitrogen and oxygen atoms in total. The average molecular weight is 315 g/mol. The van der Waals surface area contributed by atoms with Crippen molar-refractivity contribution in [3.63, 3.8) is 0 Å². The van der Waals surface area contributed by atoms with Crippen LogP contribution in [0.2, 0.25) is 0 Å². The number of aromatic nitrogens is 2. The minimum Gasteiger partial charge on any atom is -0.394 e. The number of rotatable bonds is 4. The zero-order chi connectivity index (χ0) is 13.1. The maximum Gasteiger partial charge on any atom is 0.148 e. The van der Waals surface area contributed by atoms with E-state index in [0.717, 1.165) is 35.6 Å². The molecule has 1 fully saturated rings. The first-order chi connectivity index (χ1) is 8.69. The minimum absolute atomic E-state index is 0.144. The summed E-state index contributed by atoms with van der Waals surface area (Å²) >= 11 is 3.56. The van der Waals surface area contributed by atoms with Crippen LogP contribution in [0.1, 0.15) is 20.3 Å². The Kier molecular flexibility index (Phi) is 4.40. The van der Waals surface area contributed by atoms with Gasteiger partial charge in [-0.05, 0) is 35.2 Å². The molecule has 0 saturated carbocycles. The Morgan fingerprint density at radius 3 is 3.00 bits per heavy atom. The van der Waals surface area contributed by atoms with E-state index in [-0.39, 0.29) is 12.6 Å². The molecule has 2 rings (SSSR count). The molecular weight excluding hydrogens is 296 g/mol. The third kappa shape index (κ3) is 2.44. The van der Waals surface area contributed by atoms with Gasteiger partial charge in [0.1, 0.15) is 22.4 Å². The molecule has 1 aliphatic rings. The third-order valence-electron chi connectivity index (χ3n) is 3.46. The van der Waals surface area contributed by atoms with E-state index in [9.17, 15) is 5.11 Å². The Morgan fingerprint density at radius 2 is 2.33 bits per heavy atom. The molecule has 2 atom stereocenters.